The Labute approximate surface area is 107 Å². The van der Waals surface area contributed by atoms with Crippen molar-refractivity contribution < 1.29 is 0 Å². The first-order valence-corrected chi connectivity index (χ1v) is 6.39. The van der Waals surface area contributed by atoms with Gasteiger partial charge in [0.15, 0.2) is 0 Å². The maximum absolute atomic E-state index is 3.80. The molecule has 0 bridgehead atoms. The zero-order valence-corrected chi connectivity index (χ0v) is 11.8. The number of rotatable bonds is 8. The fourth-order valence-corrected chi connectivity index (χ4v) is 1.68. The highest BCUT2D eigenvalue weighted by Crippen LogP contribution is 2.21. The van der Waals surface area contributed by atoms with Crippen LogP contribution in [0, 0.1) is 5.92 Å². The Morgan fingerprint density at radius 3 is 2.35 bits per heavy atom. The van der Waals surface area contributed by atoms with Gasteiger partial charge in [0.05, 0.1) is 0 Å². The molecule has 17 heavy (non-hydrogen) atoms. The lowest BCUT2D eigenvalue weighted by Crippen LogP contribution is -2.25. The monoisotopic (exact) mass is 233 g/mol. The minimum atomic E-state index is 0.492. The SMILES string of the molecule is C=C/C=C\N(C)C(C)C/C(=C/C=C)C(C)CC. The zero-order chi connectivity index (χ0) is 13.3. The first-order chi connectivity index (χ1) is 8.06. The summed E-state index contributed by atoms with van der Waals surface area (Å²) in [5, 5.41) is 0. The Morgan fingerprint density at radius 1 is 1.24 bits per heavy atom. The molecule has 1 heteroatoms. The van der Waals surface area contributed by atoms with E-state index >= 15 is 0 Å². The molecule has 0 amide bonds. The van der Waals surface area contributed by atoms with Gasteiger partial charge in [0.25, 0.3) is 0 Å². The Hall–Kier alpha value is -1.24. The van der Waals surface area contributed by atoms with Crippen molar-refractivity contribution >= 4 is 0 Å². The number of hydrogen-bond donors (Lipinski definition) is 0. The third-order valence-corrected chi connectivity index (χ3v) is 3.26. The van der Waals surface area contributed by atoms with Gasteiger partial charge < -0.3 is 4.90 Å². The van der Waals surface area contributed by atoms with Crippen LogP contribution in [0.3, 0.4) is 0 Å². The standard InChI is InChI=1S/C16H27N/c1-7-10-12-17(6)15(5)13-16(11-8-2)14(4)9-3/h7-8,10-12,14-15H,1-2,9,13H2,3-6H3/b12-10-,16-11-. The van der Waals surface area contributed by atoms with Crippen molar-refractivity contribution in [2.75, 3.05) is 7.05 Å². The van der Waals surface area contributed by atoms with Gasteiger partial charge in [-0.15, -0.1) is 0 Å². The largest absolute Gasteiger partial charge is 0.377 e. The van der Waals surface area contributed by atoms with Crippen molar-refractivity contribution in [1.82, 2.24) is 4.90 Å². The molecule has 2 atom stereocenters. The van der Waals surface area contributed by atoms with E-state index in [4.69, 9.17) is 0 Å². The summed E-state index contributed by atoms with van der Waals surface area (Å²) in [5.74, 6) is 0.632. The Morgan fingerprint density at radius 2 is 1.88 bits per heavy atom. The second-order valence-corrected chi connectivity index (χ2v) is 4.58. The van der Waals surface area contributed by atoms with Crippen molar-refractivity contribution in [1.29, 1.82) is 0 Å². The van der Waals surface area contributed by atoms with Gasteiger partial charge in [-0.3, -0.25) is 0 Å². The van der Waals surface area contributed by atoms with Crippen LogP contribution in [0.1, 0.15) is 33.6 Å². The quantitative estimate of drug-likeness (QED) is 0.556. The average molecular weight is 233 g/mol. The molecule has 0 aromatic carbocycles. The predicted molar refractivity (Wildman–Crippen MR) is 78.9 cm³/mol. The van der Waals surface area contributed by atoms with E-state index in [1.54, 1.807) is 6.08 Å². The molecule has 0 radical (unpaired) electrons. The van der Waals surface area contributed by atoms with E-state index in [1.165, 1.54) is 12.0 Å². The minimum absolute atomic E-state index is 0.492. The maximum atomic E-state index is 3.80. The summed E-state index contributed by atoms with van der Waals surface area (Å²) >= 11 is 0. The number of nitrogens with zero attached hydrogens (tertiary/aromatic N) is 1. The summed E-state index contributed by atoms with van der Waals surface area (Å²) in [6, 6.07) is 0.492. The van der Waals surface area contributed by atoms with E-state index in [-0.39, 0.29) is 0 Å². The summed E-state index contributed by atoms with van der Waals surface area (Å²) in [5.41, 5.74) is 1.48. The highest BCUT2D eigenvalue weighted by atomic mass is 15.1. The molecule has 0 aliphatic heterocycles. The highest BCUT2D eigenvalue weighted by molar-refractivity contribution is 5.14. The van der Waals surface area contributed by atoms with E-state index in [0.29, 0.717) is 12.0 Å². The fourth-order valence-electron chi connectivity index (χ4n) is 1.68. The van der Waals surface area contributed by atoms with E-state index in [9.17, 15) is 0 Å². The van der Waals surface area contributed by atoms with Crippen molar-refractivity contribution in [3.05, 3.63) is 49.2 Å². The molecular formula is C16H27N. The average Bonchev–Trinajstić information content (AvgIpc) is 2.34. The second kappa shape index (κ2) is 8.86. The molecule has 2 unspecified atom stereocenters. The molecule has 0 rings (SSSR count). The van der Waals surface area contributed by atoms with Crippen molar-refractivity contribution in [3.63, 3.8) is 0 Å². The zero-order valence-electron chi connectivity index (χ0n) is 11.8. The van der Waals surface area contributed by atoms with Gasteiger partial charge in [-0.25, -0.2) is 0 Å². The first-order valence-electron chi connectivity index (χ1n) is 6.39. The second-order valence-electron chi connectivity index (χ2n) is 4.58. The summed E-state index contributed by atoms with van der Waals surface area (Å²) < 4.78 is 0. The summed E-state index contributed by atoms with van der Waals surface area (Å²) in [4.78, 5) is 2.22. The molecule has 0 aliphatic carbocycles. The molecule has 0 fully saturated rings. The topological polar surface area (TPSA) is 3.24 Å². The fraction of sp³-hybridized carbons (Fsp3) is 0.500. The smallest absolute Gasteiger partial charge is 0.0290 e. The molecule has 0 aromatic rings. The van der Waals surface area contributed by atoms with Gasteiger partial charge in [-0.1, -0.05) is 50.8 Å². The minimum Gasteiger partial charge on any atom is -0.377 e. The van der Waals surface area contributed by atoms with Crippen LogP contribution in [0.2, 0.25) is 0 Å². The van der Waals surface area contributed by atoms with Crippen molar-refractivity contribution in [2.45, 2.75) is 39.7 Å². The third-order valence-electron chi connectivity index (χ3n) is 3.26. The summed E-state index contributed by atoms with van der Waals surface area (Å²) in [6.07, 6.45) is 12.2. The van der Waals surface area contributed by atoms with Crippen LogP contribution in [0.4, 0.5) is 0 Å². The summed E-state index contributed by atoms with van der Waals surface area (Å²) in [6.45, 7) is 14.2. The van der Waals surface area contributed by atoms with Gasteiger partial charge in [-0.05, 0) is 38.0 Å². The molecule has 96 valence electrons. The molecule has 0 aliphatic rings. The molecular weight excluding hydrogens is 206 g/mol. The van der Waals surface area contributed by atoms with Gasteiger partial charge >= 0.3 is 0 Å². The molecule has 0 saturated carbocycles. The molecule has 0 spiro atoms. The van der Waals surface area contributed by atoms with Crippen LogP contribution in [-0.4, -0.2) is 18.0 Å². The molecule has 0 aromatic heterocycles. The first kappa shape index (κ1) is 15.8. The van der Waals surface area contributed by atoms with Crippen molar-refractivity contribution in [3.8, 4) is 0 Å². The lowest BCUT2D eigenvalue weighted by Gasteiger charge is -2.26. The lowest BCUT2D eigenvalue weighted by atomic mass is 9.92. The van der Waals surface area contributed by atoms with E-state index in [0.717, 1.165) is 6.42 Å². The van der Waals surface area contributed by atoms with Crippen LogP contribution in [-0.2, 0) is 0 Å². The van der Waals surface area contributed by atoms with Gasteiger partial charge in [-0.2, -0.15) is 0 Å². The van der Waals surface area contributed by atoms with E-state index < -0.39 is 0 Å². The maximum Gasteiger partial charge on any atom is 0.0290 e. The van der Waals surface area contributed by atoms with Crippen LogP contribution < -0.4 is 0 Å². The molecule has 1 nitrogen and oxygen atoms in total. The van der Waals surface area contributed by atoms with Gasteiger partial charge in [0.2, 0.25) is 0 Å². The molecule has 0 N–H and O–H groups in total. The Balaban J connectivity index is 4.55. The van der Waals surface area contributed by atoms with Crippen LogP contribution >= 0.6 is 0 Å². The highest BCUT2D eigenvalue weighted by Gasteiger charge is 2.12. The Bertz CT molecular complexity index is 286. The summed E-state index contributed by atoms with van der Waals surface area (Å²) in [7, 11) is 2.10. The Kier molecular flexibility index (Phi) is 8.21. The number of hydrogen-bond acceptors (Lipinski definition) is 1. The van der Waals surface area contributed by atoms with Gasteiger partial charge in [0.1, 0.15) is 0 Å². The molecule has 0 heterocycles. The van der Waals surface area contributed by atoms with Crippen molar-refractivity contribution in [2.24, 2.45) is 5.92 Å². The van der Waals surface area contributed by atoms with Crippen LogP contribution in [0.15, 0.2) is 49.2 Å². The number of allylic oxidation sites excluding steroid dienone is 4. The predicted octanol–water partition coefficient (Wildman–Crippen LogP) is 4.56. The normalized spacial score (nSPS) is 15.6. The molecule has 0 saturated heterocycles. The van der Waals surface area contributed by atoms with E-state index in [1.807, 2.05) is 12.2 Å². The van der Waals surface area contributed by atoms with Crippen LogP contribution in [0.25, 0.3) is 0 Å². The van der Waals surface area contributed by atoms with Gasteiger partial charge in [0, 0.05) is 13.1 Å². The lowest BCUT2D eigenvalue weighted by molar-refractivity contribution is 0.341. The van der Waals surface area contributed by atoms with E-state index in [2.05, 4.69) is 58.2 Å². The third kappa shape index (κ3) is 6.15. The van der Waals surface area contributed by atoms with Crippen LogP contribution in [0.5, 0.6) is 0 Å².